The largest absolute Gasteiger partial charge is 0.357 e. The van der Waals surface area contributed by atoms with Crippen molar-refractivity contribution in [3.05, 3.63) is 64.7 Å². The monoisotopic (exact) mass is 408 g/mol. The number of nitrogens with one attached hydrogen (secondary N) is 3. The fourth-order valence-corrected chi connectivity index (χ4v) is 3.38. The zero-order valence-corrected chi connectivity index (χ0v) is 17.1. The van der Waals surface area contributed by atoms with E-state index < -0.39 is 10.0 Å². The lowest BCUT2D eigenvalue weighted by atomic mass is 10.1. The van der Waals surface area contributed by atoms with Crippen LogP contribution >= 0.6 is 11.6 Å². The molecule has 8 heteroatoms. The third-order valence-electron chi connectivity index (χ3n) is 3.91. The molecule has 0 aromatic heterocycles. The topological polar surface area (TPSA) is 82.6 Å². The second kappa shape index (κ2) is 10.3. The van der Waals surface area contributed by atoms with Crippen LogP contribution in [0.3, 0.4) is 0 Å². The van der Waals surface area contributed by atoms with Crippen LogP contribution in [0.4, 0.5) is 0 Å². The van der Waals surface area contributed by atoms with Gasteiger partial charge in [-0.3, -0.25) is 0 Å². The van der Waals surface area contributed by atoms with Crippen molar-refractivity contribution in [2.45, 2.75) is 24.8 Å². The molecule has 0 saturated heterocycles. The van der Waals surface area contributed by atoms with Crippen molar-refractivity contribution in [1.29, 1.82) is 0 Å². The standard InChI is InChI=1S/C19H25ClN4O2S/c1-3-22-19(23-13-12-16-6-4-5-7-18(16)20)24-14-15-8-10-17(11-9-15)27(25,26)21-2/h4-11,21H,3,12-14H2,1-2H3,(H2,22,23,24). The molecule has 0 unspecified atom stereocenters. The van der Waals surface area contributed by atoms with Crippen LogP contribution in [-0.4, -0.2) is 34.5 Å². The van der Waals surface area contributed by atoms with Crippen molar-refractivity contribution < 1.29 is 8.42 Å². The molecule has 0 aliphatic carbocycles. The highest BCUT2D eigenvalue weighted by atomic mass is 35.5. The van der Waals surface area contributed by atoms with E-state index in [1.807, 2.05) is 31.2 Å². The minimum Gasteiger partial charge on any atom is -0.357 e. The van der Waals surface area contributed by atoms with Gasteiger partial charge in [0.05, 0.1) is 11.4 Å². The number of rotatable bonds is 8. The van der Waals surface area contributed by atoms with Gasteiger partial charge in [0, 0.05) is 18.1 Å². The van der Waals surface area contributed by atoms with Crippen LogP contribution in [0.25, 0.3) is 0 Å². The van der Waals surface area contributed by atoms with Gasteiger partial charge in [-0.15, -0.1) is 0 Å². The molecule has 0 fully saturated rings. The molecule has 2 aromatic carbocycles. The van der Waals surface area contributed by atoms with E-state index in [4.69, 9.17) is 11.6 Å². The van der Waals surface area contributed by atoms with Crippen molar-refractivity contribution >= 4 is 27.6 Å². The van der Waals surface area contributed by atoms with Crippen molar-refractivity contribution in [3.63, 3.8) is 0 Å². The first-order valence-corrected chi connectivity index (χ1v) is 10.6. The smallest absolute Gasteiger partial charge is 0.240 e. The summed E-state index contributed by atoms with van der Waals surface area (Å²) < 4.78 is 25.8. The second-order valence-electron chi connectivity index (χ2n) is 5.81. The SMILES string of the molecule is CCNC(=NCc1ccc(S(=O)(=O)NC)cc1)NCCc1ccccc1Cl. The highest BCUT2D eigenvalue weighted by molar-refractivity contribution is 7.89. The highest BCUT2D eigenvalue weighted by Crippen LogP contribution is 2.15. The first-order chi connectivity index (χ1) is 13.0. The van der Waals surface area contributed by atoms with Gasteiger partial charge in [0.25, 0.3) is 0 Å². The van der Waals surface area contributed by atoms with E-state index in [-0.39, 0.29) is 4.90 Å². The van der Waals surface area contributed by atoms with Gasteiger partial charge >= 0.3 is 0 Å². The zero-order valence-electron chi connectivity index (χ0n) is 15.5. The van der Waals surface area contributed by atoms with E-state index >= 15 is 0 Å². The van der Waals surface area contributed by atoms with E-state index in [9.17, 15) is 8.42 Å². The van der Waals surface area contributed by atoms with Crippen molar-refractivity contribution in [2.24, 2.45) is 4.99 Å². The summed E-state index contributed by atoms with van der Waals surface area (Å²) in [7, 11) is -2.02. The fraction of sp³-hybridized carbons (Fsp3) is 0.316. The molecule has 0 spiro atoms. The lowest BCUT2D eigenvalue weighted by Crippen LogP contribution is -2.38. The normalized spacial score (nSPS) is 12.0. The number of guanidine groups is 1. The Labute approximate surface area is 166 Å². The molecule has 27 heavy (non-hydrogen) atoms. The number of sulfonamides is 1. The van der Waals surface area contributed by atoms with Gasteiger partial charge in [0.2, 0.25) is 10.0 Å². The van der Waals surface area contributed by atoms with Crippen LogP contribution in [0.5, 0.6) is 0 Å². The molecule has 0 heterocycles. The fourth-order valence-electron chi connectivity index (χ4n) is 2.42. The number of halogens is 1. The Balaban J connectivity index is 1.95. The molecule has 2 aromatic rings. The molecule has 0 atom stereocenters. The Kier molecular flexibility index (Phi) is 8.09. The summed E-state index contributed by atoms with van der Waals surface area (Å²) in [4.78, 5) is 4.78. The number of hydrogen-bond donors (Lipinski definition) is 3. The summed E-state index contributed by atoms with van der Waals surface area (Å²) in [5.41, 5.74) is 2.01. The molecule has 2 rings (SSSR count). The number of benzene rings is 2. The summed E-state index contributed by atoms with van der Waals surface area (Å²) in [5.74, 6) is 0.705. The Morgan fingerprint density at radius 2 is 1.78 bits per heavy atom. The first-order valence-electron chi connectivity index (χ1n) is 8.74. The van der Waals surface area contributed by atoms with Gasteiger partial charge < -0.3 is 10.6 Å². The van der Waals surface area contributed by atoms with Crippen LogP contribution in [0.1, 0.15) is 18.1 Å². The van der Waals surface area contributed by atoms with Crippen LogP contribution in [0.15, 0.2) is 58.4 Å². The number of nitrogens with zero attached hydrogens (tertiary/aromatic N) is 1. The molecule has 146 valence electrons. The molecule has 0 saturated carbocycles. The van der Waals surface area contributed by atoms with Gasteiger partial charge in [-0.25, -0.2) is 18.1 Å². The van der Waals surface area contributed by atoms with E-state index in [1.54, 1.807) is 24.3 Å². The highest BCUT2D eigenvalue weighted by Gasteiger charge is 2.10. The van der Waals surface area contributed by atoms with Crippen LogP contribution in [0.2, 0.25) is 5.02 Å². The van der Waals surface area contributed by atoms with Gasteiger partial charge in [0.1, 0.15) is 0 Å². The van der Waals surface area contributed by atoms with E-state index in [1.165, 1.54) is 7.05 Å². The van der Waals surface area contributed by atoms with Gasteiger partial charge in [-0.05, 0) is 49.7 Å². The third-order valence-corrected chi connectivity index (χ3v) is 5.71. The first kappa shape index (κ1) is 21.2. The molecule has 0 amide bonds. The van der Waals surface area contributed by atoms with Gasteiger partial charge in [-0.2, -0.15) is 0 Å². The Morgan fingerprint density at radius 1 is 1.07 bits per heavy atom. The molecule has 0 aliphatic rings. The Bertz CT molecular complexity index is 868. The molecule has 0 aliphatic heterocycles. The van der Waals surface area contributed by atoms with Gasteiger partial charge in [-0.1, -0.05) is 41.9 Å². The van der Waals surface area contributed by atoms with Crippen LogP contribution in [0, 0.1) is 0 Å². The Hall–Kier alpha value is -2.09. The summed E-state index contributed by atoms with van der Waals surface area (Å²) >= 11 is 6.18. The van der Waals surface area contributed by atoms with Crippen LogP contribution < -0.4 is 15.4 Å². The molecule has 3 N–H and O–H groups in total. The van der Waals surface area contributed by atoms with Crippen molar-refractivity contribution in [2.75, 3.05) is 20.1 Å². The van der Waals surface area contributed by atoms with Crippen molar-refractivity contribution in [1.82, 2.24) is 15.4 Å². The Morgan fingerprint density at radius 3 is 2.41 bits per heavy atom. The molecular formula is C19H25ClN4O2S. The summed E-state index contributed by atoms with van der Waals surface area (Å²) in [6.45, 7) is 3.90. The van der Waals surface area contributed by atoms with E-state index in [0.29, 0.717) is 19.0 Å². The van der Waals surface area contributed by atoms with Gasteiger partial charge in [0.15, 0.2) is 5.96 Å². The minimum absolute atomic E-state index is 0.238. The number of aliphatic imine (C=N–C) groups is 1. The lowest BCUT2D eigenvalue weighted by molar-refractivity contribution is 0.588. The maximum atomic E-state index is 11.8. The lowest BCUT2D eigenvalue weighted by Gasteiger charge is -2.12. The number of hydrogen-bond acceptors (Lipinski definition) is 3. The molecular weight excluding hydrogens is 384 g/mol. The predicted octanol–water partition coefficient (Wildman–Crippen LogP) is 2.55. The average molecular weight is 409 g/mol. The summed E-state index contributed by atoms with van der Waals surface area (Å²) in [5, 5.41) is 7.25. The molecule has 6 nitrogen and oxygen atoms in total. The zero-order chi connectivity index (χ0) is 19.7. The van der Waals surface area contributed by atoms with E-state index in [0.717, 1.165) is 29.1 Å². The average Bonchev–Trinajstić information content (AvgIpc) is 2.68. The maximum Gasteiger partial charge on any atom is 0.240 e. The predicted molar refractivity (Wildman–Crippen MR) is 111 cm³/mol. The summed E-state index contributed by atoms with van der Waals surface area (Å²) in [6.07, 6.45) is 0.792. The minimum atomic E-state index is -3.42. The third kappa shape index (κ3) is 6.53. The quantitative estimate of drug-likeness (QED) is 0.463. The molecule has 0 radical (unpaired) electrons. The maximum absolute atomic E-state index is 11.8. The summed E-state index contributed by atoms with van der Waals surface area (Å²) in [6, 6.07) is 14.5. The van der Waals surface area contributed by atoms with Crippen molar-refractivity contribution in [3.8, 4) is 0 Å². The second-order valence-corrected chi connectivity index (χ2v) is 8.11. The van der Waals surface area contributed by atoms with E-state index in [2.05, 4.69) is 20.3 Å². The van der Waals surface area contributed by atoms with Crippen LogP contribution in [-0.2, 0) is 23.0 Å². The molecule has 0 bridgehead atoms.